The molecular formula is C24H30N6O3S. The van der Waals surface area contributed by atoms with Crippen molar-refractivity contribution in [1.29, 1.82) is 0 Å². The Morgan fingerprint density at radius 2 is 2.21 bits per heavy atom. The minimum Gasteiger partial charge on any atom is -0.494 e. The van der Waals surface area contributed by atoms with E-state index in [4.69, 9.17) is 14.5 Å². The molecule has 9 nitrogen and oxygen atoms in total. The molecule has 4 heterocycles. The van der Waals surface area contributed by atoms with E-state index in [2.05, 4.69) is 39.8 Å². The highest BCUT2D eigenvalue weighted by molar-refractivity contribution is 7.09. The minimum absolute atomic E-state index is 0.125. The first kappa shape index (κ1) is 22.9. The highest BCUT2D eigenvalue weighted by atomic mass is 32.1. The average Bonchev–Trinajstić information content (AvgIpc) is 3.56. The summed E-state index contributed by atoms with van der Waals surface area (Å²) < 4.78 is 13.9. The van der Waals surface area contributed by atoms with Gasteiger partial charge in [0.05, 0.1) is 43.8 Å². The summed E-state index contributed by atoms with van der Waals surface area (Å²) >= 11 is 1.69. The van der Waals surface area contributed by atoms with Crippen LogP contribution in [0.25, 0.3) is 0 Å². The van der Waals surface area contributed by atoms with Gasteiger partial charge in [-0.1, -0.05) is 25.1 Å². The van der Waals surface area contributed by atoms with Gasteiger partial charge in [-0.25, -0.2) is 4.98 Å². The van der Waals surface area contributed by atoms with E-state index in [0.717, 1.165) is 29.4 Å². The Bertz CT molecular complexity index is 1130. The number of aryl methyl sites for hydroxylation is 1. The molecule has 0 unspecified atom stereocenters. The van der Waals surface area contributed by atoms with Gasteiger partial charge in [-0.15, -0.1) is 16.4 Å². The number of nitrogens with one attached hydrogen (secondary N) is 1. The number of amides is 1. The fourth-order valence-corrected chi connectivity index (χ4v) is 5.24. The first-order valence-corrected chi connectivity index (χ1v) is 12.6. The summed E-state index contributed by atoms with van der Waals surface area (Å²) in [6.45, 7) is 8.04. The fourth-order valence-electron chi connectivity index (χ4n) is 4.24. The molecule has 4 bridgehead atoms. The molecule has 0 radical (unpaired) electrons. The third kappa shape index (κ3) is 5.45. The van der Waals surface area contributed by atoms with E-state index >= 15 is 0 Å². The van der Waals surface area contributed by atoms with Crippen molar-refractivity contribution in [3.63, 3.8) is 0 Å². The number of ether oxygens (including phenoxy) is 2. The van der Waals surface area contributed by atoms with Gasteiger partial charge in [0, 0.05) is 37.0 Å². The standard InChI is InChI=1S/C24H30N6O3S/c1-16(2)21-15-34-23(25-21)13-29-11-20-22(12-29)33-14-18-10-30(28-27-18)7-4-8-32-19-6-3-5-17(9-19)24(31)26-20/h3,5-6,9-10,15-16,20,22H,4,7-8,11-14H2,1-2H3,(H,26,31)/t20-,22-/m0/s1. The molecule has 0 aliphatic carbocycles. The van der Waals surface area contributed by atoms with E-state index in [0.29, 0.717) is 50.1 Å². The Morgan fingerprint density at radius 3 is 3.06 bits per heavy atom. The van der Waals surface area contributed by atoms with Crippen molar-refractivity contribution >= 4 is 17.2 Å². The number of hydrogen-bond acceptors (Lipinski definition) is 8. The van der Waals surface area contributed by atoms with Crippen LogP contribution in [-0.4, -0.2) is 62.6 Å². The van der Waals surface area contributed by atoms with Crippen LogP contribution in [0.2, 0.25) is 0 Å². The number of carbonyl (C=O) groups is 1. The molecule has 180 valence electrons. The van der Waals surface area contributed by atoms with Gasteiger partial charge in [-0.2, -0.15) is 0 Å². The van der Waals surface area contributed by atoms with E-state index in [1.54, 1.807) is 17.4 Å². The number of likely N-dealkylation sites (tertiary alicyclic amines) is 1. The van der Waals surface area contributed by atoms with Crippen molar-refractivity contribution in [1.82, 2.24) is 30.2 Å². The average molecular weight is 483 g/mol. The maximum Gasteiger partial charge on any atom is 0.251 e. The number of rotatable bonds is 3. The molecule has 0 spiro atoms. The van der Waals surface area contributed by atoms with E-state index in [9.17, 15) is 4.79 Å². The van der Waals surface area contributed by atoms with Gasteiger partial charge < -0.3 is 14.8 Å². The summed E-state index contributed by atoms with van der Waals surface area (Å²) in [5, 5.41) is 14.8. The molecule has 1 N–H and O–H groups in total. The van der Waals surface area contributed by atoms with Crippen LogP contribution in [0, 0.1) is 0 Å². The predicted molar refractivity (Wildman–Crippen MR) is 128 cm³/mol. The number of carbonyl (C=O) groups excluding carboxylic acids is 1. The summed E-state index contributed by atoms with van der Waals surface area (Å²) in [5.74, 6) is 0.973. The van der Waals surface area contributed by atoms with Crippen molar-refractivity contribution < 1.29 is 14.3 Å². The van der Waals surface area contributed by atoms with E-state index < -0.39 is 0 Å². The molecule has 34 heavy (non-hydrogen) atoms. The summed E-state index contributed by atoms with van der Waals surface area (Å²) in [6.07, 6.45) is 2.54. The highest BCUT2D eigenvalue weighted by Gasteiger charge is 2.35. The number of fused-ring (bicyclic) bond motifs is 5. The molecule has 2 aliphatic heterocycles. The van der Waals surface area contributed by atoms with E-state index in [1.165, 1.54) is 0 Å². The zero-order valence-corrected chi connectivity index (χ0v) is 20.3. The summed E-state index contributed by atoms with van der Waals surface area (Å²) in [5.41, 5.74) is 2.49. The SMILES string of the molecule is CC(C)c1csc(CN2C[C@@H]3NC(=O)c4cccc(c4)OCCCn4cc(nn4)CO[C@H]3C2)n1. The third-order valence-corrected chi connectivity index (χ3v) is 6.96. The Kier molecular flexibility index (Phi) is 6.89. The quantitative estimate of drug-likeness (QED) is 0.613. The topological polar surface area (TPSA) is 94.4 Å². The fraction of sp³-hybridized carbons (Fsp3) is 0.500. The summed E-state index contributed by atoms with van der Waals surface area (Å²) in [4.78, 5) is 20.2. The van der Waals surface area contributed by atoms with Crippen LogP contribution in [0.3, 0.4) is 0 Å². The summed E-state index contributed by atoms with van der Waals surface area (Å²) in [7, 11) is 0. The molecule has 1 saturated heterocycles. The first-order valence-electron chi connectivity index (χ1n) is 11.7. The Labute approximate surface area is 203 Å². The first-order chi connectivity index (χ1) is 16.5. The Hall–Kier alpha value is -2.82. The van der Waals surface area contributed by atoms with Crippen LogP contribution in [0.1, 0.15) is 52.9 Å². The molecular weight excluding hydrogens is 452 g/mol. The number of benzene rings is 1. The second-order valence-corrected chi connectivity index (χ2v) is 10.1. The van der Waals surface area contributed by atoms with Crippen molar-refractivity contribution in [3.8, 4) is 5.75 Å². The van der Waals surface area contributed by atoms with Crippen LogP contribution in [0.15, 0.2) is 35.8 Å². The molecule has 1 amide bonds. The van der Waals surface area contributed by atoms with Crippen molar-refractivity contribution in [2.75, 3.05) is 19.7 Å². The van der Waals surface area contributed by atoms with E-state index in [1.807, 2.05) is 29.1 Å². The number of hydrogen-bond donors (Lipinski definition) is 1. The molecule has 2 aliphatic rings. The minimum atomic E-state index is -0.161. The van der Waals surface area contributed by atoms with E-state index in [-0.39, 0.29) is 18.1 Å². The van der Waals surface area contributed by atoms with Gasteiger partial charge in [-0.05, 0) is 24.1 Å². The van der Waals surface area contributed by atoms with Gasteiger partial charge in [0.25, 0.3) is 5.91 Å². The molecule has 10 heteroatoms. The predicted octanol–water partition coefficient (Wildman–Crippen LogP) is 2.84. The normalized spacial score (nSPS) is 21.8. The van der Waals surface area contributed by atoms with Crippen LogP contribution in [0.4, 0.5) is 0 Å². The second kappa shape index (κ2) is 10.2. The van der Waals surface area contributed by atoms with Gasteiger partial charge in [0.15, 0.2) is 0 Å². The van der Waals surface area contributed by atoms with Crippen LogP contribution in [0.5, 0.6) is 5.75 Å². The maximum absolute atomic E-state index is 13.1. The van der Waals surface area contributed by atoms with Crippen LogP contribution < -0.4 is 10.1 Å². The smallest absolute Gasteiger partial charge is 0.251 e. The van der Waals surface area contributed by atoms with Crippen LogP contribution in [-0.2, 0) is 24.4 Å². The van der Waals surface area contributed by atoms with Crippen molar-refractivity contribution in [3.05, 3.63) is 57.8 Å². The highest BCUT2D eigenvalue weighted by Crippen LogP contribution is 2.23. The lowest BCUT2D eigenvalue weighted by Gasteiger charge is -2.20. The lowest BCUT2D eigenvalue weighted by molar-refractivity contribution is 0.0293. The number of thiazole rings is 1. The van der Waals surface area contributed by atoms with Crippen molar-refractivity contribution in [2.45, 2.75) is 58.0 Å². The Balaban J connectivity index is 1.34. The zero-order chi connectivity index (χ0) is 23.5. The van der Waals surface area contributed by atoms with Gasteiger partial charge >= 0.3 is 0 Å². The second-order valence-electron chi connectivity index (χ2n) is 9.15. The number of aromatic nitrogens is 4. The molecule has 1 aromatic carbocycles. The van der Waals surface area contributed by atoms with Gasteiger partial charge in [0.1, 0.15) is 16.5 Å². The summed E-state index contributed by atoms with van der Waals surface area (Å²) in [6, 6.07) is 7.17. The maximum atomic E-state index is 13.1. The Morgan fingerprint density at radius 1 is 1.29 bits per heavy atom. The molecule has 1 fully saturated rings. The third-order valence-electron chi connectivity index (χ3n) is 6.11. The van der Waals surface area contributed by atoms with Gasteiger partial charge in [0.2, 0.25) is 0 Å². The molecule has 3 aromatic rings. The number of nitrogens with zero attached hydrogens (tertiary/aromatic N) is 5. The lowest BCUT2D eigenvalue weighted by atomic mass is 10.1. The van der Waals surface area contributed by atoms with Gasteiger partial charge in [-0.3, -0.25) is 14.4 Å². The molecule has 5 rings (SSSR count). The van der Waals surface area contributed by atoms with Crippen LogP contribution >= 0.6 is 11.3 Å². The monoisotopic (exact) mass is 482 g/mol. The zero-order valence-electron chi connectivity index (χ0n) is 19.5. The molecule has 0 saturated carbocycles. The lowest BCUT2D eigenvalue weighted by Crippen LogP contribution is -2.44. The molecule has 2 aromatic heterocycles. The largest absolute Gasteiger partial charge is 0.494 e. The van der Waals surface area contributed by atoms with Crippen molar-refractivity contribution in [2.24, 2.45) is 0 Å². The molecule has 2 atom stereocenters.